The van der Waals surface area contributed by atoms with Crippen LogP contribution in [0, 0.1) is 46.3 Å². The summed E-state index contributed by atoms with van der Waals surface area (Å²) in [6.07, 6.45) is 8.95. The lowest BCUT2D eigenvalue weighted by Gasteiger charge is -2.58. The van der Waals surface area contributed by atoms with Crippen LogP contribution in [0.2, 0.25) is 0 Å². The second-order valence-corrected chi connectivity index (χ2v) is 15.0. The van der Waals surface area contributed by atoms with Crippen molar-refractivity contribution in [2.75, 3.05) is 13.2 Å². The maximum Gasteiger partial charge on any atom is 0.186 e. The molecule has 7 rings (SSSR count). The van der Waals surface area contributed by atoms with Crippen molar-refractivity contribution < 1.29 is 34.3 Å². The Labute approximate surface area is 233 Å². The fraction of sp³-hybridized carbons (Fsp3) is 0.938. The molecular weight excluding hydrogens is 496 g/mol. The number of rotatable bonds is 3. The lowest BCUT2D eigenvalue weighted by Crippen LogP contribution is -2.52. The summed E-state index contributed by atoms with van der Waals surface area (Å²) in [4.78, 5) is 0. The number of aliphatic hydroxyl groups is 3. The van der Waals surface area contributed by atoms with Gasteiger partial charge in [-0.05, 0) is 91.8 Å². The molecule has 220 valence electrons. The van der Waals surface area contributed by atoms with E-state index in [1.165, 1.54) is 31.3 Å². The number of fused-ring (bicyclic) bond motifs is 7. The van der Waals surface area contributed by atoms with Gasteiger partial charge in [0.2, 0.25) is 0 Å². The third-order valence-electron chi connectivity index (χ3n) is 13.2. The molecule has 6 fully saturated rings. The Morgan fingerprint density at radius 3 is 2.56 bits per heavy atom. The van der Waals surface area contributed by atoms with Gasteiger partial charge in [0.1, 0.15) is 18.3 Å². The van der Waals surface area contributed by atoms with Crippen LogP contribution in [-0.4, -0.2) is 71.1 Å². The minimum atomic E-state index is -1.12. The summed E-state index contributed by atoms with van der Waals surface area (Å²) >= 11 is 0. The zero-order chi connectivity index (χ0) is 27.3. The molecule has 0 amide bonds. The van der Waals surface area contributed by atoms with E-state index in [2.05, 4.69) is 33.8 Å². The summed E-state index contributed by atoms with van der Waals surface area (Å²) in [5, 5.41) is 29.9. The van der Waals surface area contributed by atoms with Crippen molar-refractivity contribution in [3.63, 3.8) is 0 Å². The average molecular weight is 547 g/mol. The van der Waals surface area contributed by atoms with Crippen molar-refractivity contribution in [1.82, 2.24) is 0 Å². The van der Waals surface area contributed by atoms with Crippen LogP contribution < -0.4 is 0 Å². The van der Waals surface area contributed by atoms with Crippen LogP contribution >= 0.6 is 0 Å². The zero-order valence-electron chi connectivity index (χ0n) is 24.3. The van der Waals surface area contributed by atoms with E-state index in [4.69, 9.17) is 18.9 Å². The Hall–Kier alpha value is -0.540. The first-order valence-corrected chi connectivity index (χ1v) is 15.9. The quantitative estimate of drug-likeness (QED) is 0.457. The predicted molar refractivity (Wildman–Crippen MR) is 144 cm³/mol. The molecule has 3 saturated carbocycles. The van der Waals surface area contributed by atoms with Gasteiger partial charge in [0, 0.05) is 12.3 Å². The Morgan fingerprint density at radius 1 is 1.03 bits per heavy atom. The molecule has 0 unspecified atom stereocenters. The van der Waals surface area contributed by atoms with Gasteiger partial charge in [-0.1, -0.05) is 39.3 Å². The molecule has 3 N–H and O–H groups in total. The van der Waals surface area contributed by atoms with Crippen LogP contribution in [0.5, 0.6) is 0 Å². The first-order chi connectivity index (χ1) is 18.6. The summed E-state index contributed by atoms with van der Waals surface area (Å²) in [6.45, 7) is 10.3. The molecule has 7 heteroatoms. The molecule has 1 spiro atoms. The third-order valence-corrected chi connectivity index (χ3v) is 13.2. The summed E-state index contributed by atoms with van der Waals surface area (Å²) in [7, 11) is 0. The van der Waals surface area contributed by atoms with E-state index >= 15 is 0 Å². The van der Waals surface area contributed by atoms with Crippen molar-refractivity contribution >= 4 is 0 Å². The maximum atomic E-state index is 10.4. The molecule has 0 radical (unpaired) electrons. The van der Waals surface area contributed by atoms with Crippen LogP contribution in [0.25, 0.3) is 0 Å². The monoisotopic (exact) mass is 546 g/mol. The fourth-order valence-corrected chi connectivity index (χ4v) is 10.9. The highest BCUT2D eigenvalue weighted by molar-refractivity contribution is 5.26. The SMILES string of the molecule is C[C@@H]1CC[C@@]2(OC1)O[C@H]1C[C@H]3[C@@H]4CC=C5C[C@@H](O[C@@H]6O[C@H](CO)[C@@H](O)[C@H]6O)CC[C@]5(C)[C@H]4CC[C@]3(C)[C@H]1[C@@H]2C. The molecule has 3 heterocycles. The van der Waals surface area contributed by atoms with E-state index in [1.807, 2.05) is 0 Å². The number of aliphatic hydroxyl groups excluding tert-OH is 3. The minimum Gasteiger partial charge on any atom is -0.394 e. The highest BCUT2D eigenvalue weighted by Gasteiger charge is 2.68. The van der Waals surface area contributed by atoms with Crippen molar-refractivity contribution in [2.24, 2.45) is 46.3 Å². The number of allylic oxidation sites excluding steroid dienone is 1. The second-order valence-electron chi connectivity index (χ2n) is 15.0. The molecule has 39 heavy (non-hydrogen) atoms. The van der Waals surface area contributed by atoms with Crippen LogP contribution in [0.4, 0.5) is 0 Å². The Balaban J connectivity index is 1.06. The van der Waals surface area contributed by atoms with E-state index in [9.17, 15) is 15.3 Å². The summed E-state index contributed by atoms with van der Waals surface area (Å²) in [5.74, 6) is 3.44. The first-order valence-electron chi connectivity index (χ1n) is 15.9. The van der Waals surface area contributed by atoms with Crippen molar-refractivity contribution in [3.05, 3.63) is 11.6 Å². The second kappa shape index (κ2) is 9.48. The fourth-order valence-electron chi connectivity index (χ4n) is 10.9. The predicted octanol–water partition coefficient (Wildman–Crippen LogP) is 4.18. The minimum absolute atomic E-state index is 0.0338. The number of hydrogen-bond acceptors (Lipinski definition) is 7. The molecular formula is C32H50O7. The molecule has 0 bridgehead atoms. The lowest BCUT2D eigenvalue weighted by atomic mass is 9.47. The van der Waals surface area contributed by atoms with Crippen LogP contribution in [0.15, 0.2) is 11.6 Å². The Morgan fingerprint density at radius 2 is 1.85 bits per heavy atom. The van der Waals surface area contributed by atoms with Gasteiger partial charge in [0.15, 0.2) is 12.1 Å². The van der Waals surface area contributed by atoms with E-state index in [-0.39, 0.29) is 23.9 Å². The van der Waals surface area contributed by atoms with Gasteiger partial charge in [-0.25, -0.2) is 0 Å². The van der Waals surface area contributed by atoms with Crippen molar-refractivity contribution in [1.29, 1.82) is 0 Å². The molecule has 0 aromatic heterocycles. The first kappa shape index (κ1) is 27.3. The average Bonchev–Trinajstić information content (AvgIpc) is 3.47. The van der Waals surface area contributed by atoms with E-state index in [0.717, 1.165) is 38.7 Å². The highest BCUT2D eigenvalue weighted by Crippen LogP contribution is 2.70. The van der Waals surface area contributed by atoms with Crippen LogP contribution in [-0.2, 0) is 18.9 Å². The smallest absolute Gasteiger partial charge is 0.186 e. The maximum absolute atomic E-state index is 10.4. The van der Waals surface area contributed by atoms with Crippen LogP contribution in [0.3, 0.4) is 0 Å². The molecule has 3 aliphatic heterocycles. The number of ether oxygens (including phenoxy) is 4. The molecule has 0 aromatic rings. The van der Waals surface area contributed by atoms with Gasteiger partial charge < -0.3 is 34.3 Å². The largest absolute Gasteiger partial charge is 0.394 e. The van der Waals surface area contributed by atoms with Gasteiger partial charge in [-0.15, -0.1) is 0 Å². The zero-order valence-corrected chi connectivity index (χ0v) is 24.3. The topological polar surface area (TPSA) is 97.6 Å². The molecule has 0 aromatic carbocycles. The van der Waals surface area contributed by atoms with E-state index in [0.29, 0.717) is 47.0 Å². The van der Waals surface area contributed by atoms with Gasteiger partial charge in [0.25, 0.3) is 0 Å². The highest BCUT2D eigenvalue weighted by atomic mass is 16.7. The summed E-state index contributed by atoms with van der Waals surface area (Å²) in [5.41, 5.74) is 2.03. The molecule has 4 aliphatic carbocycles. The van der Waals surface area contributed by atoms with E-state index < -0.39 is 24.6 Å². The third kappa shape index (κ3) is 3.93. The molecule has 7 aliphatic rings. The number of hydrogen-bond donors (Lipinski definition) is 3. The van der Waals surface area contributed by atoms with Crippen LogP contribution in [0.1, 0.15) is 85.5 Å². The van der Waals surface area contributed by atoms with Gasteiger partial charge in [0.05, 0.1) is 25.4 Å². The summed E-state index contributed by atoms with van der Waals surface area (Å²) < 4.78 is 25.2. The van der Waals surface area contributed by atoms with Gasteiger partial charge in [-0.3, -0.25) is 0 Å². The lowest BCUT2D eigenvalue weighted by molar-refractivity contribution is -0.272. The molecule has 7 nitrogen and oxygen atoms in total. The normalized spacial score (nSPS) is 58.5. The standard InChI is InChI=1S/C32H50O7/c1-17-7-12-32(36-16-17)18(2)26-24(39-32)14-23-21-6-5-19-13-20(37-29-28(35)27(34)25(15-33)38-29)8-10-30(19,3)22(21)9-11-31(23,26)4/h5,17-18,20-29,33-35H,6-16H2,1-4H3/t17-,18+,20+,21-,22+,23+,24+,25-,26+,27-,28-,29-,30+,31+,32-/m1/s1. The van der Waals surface area contributed by atoms with Gasteiger partial charge >= 0.3 is 0 Å². The molecule has 3 saturated heterocycles. The van der Waals surface area contributed by atoms with E-state index in [1.54, 1.807) is 0 Å². The van der Waals surface area contributed by atoms with Crippen molar-refractivity contribution in [2.45, 2.75) is 128 Å². The molecule has 15 atom stereocenters. The Kier molecular flexibility index (Phi) is 6.64. The summed E-state index contributed by atoms with van der Waals surface area (Å²) in [6, 6.07) is 0. The Bertz CT molecular complexity index is 976. The van der Waals surface area contributed by atoms with Crippen molar-refractivity contribution in [3.8, 4) is 0 Å². The van der Waals surface area contributed by atoms with Gasteiger partial charge in [-0.2, -0.15) is 0 Å².